The zero-order valence-corrected chi connectivity index (χ0v) is 11.6. The number of pyridine rings is 1. The van der Waals surface area contributed by atoms with Crippen molar-refractivity contribution in [1.29, 1.82) is 0 Å². The quantitative estimate of drug-likeness (QED) is 0.667. The molecule has 0 amide bonds. The van der Waals surface area contributed by atoms with Gasteiger partial charge in [-0.25, -0.2) is 4.98 Å². The van der Waals surface area contributed by atoms with Crippen molar-refractivity contribution in [3.05, 3.63) is 50.5 Å². The second-order valence-electron chi connectivity index (χ2n) is 3.98. The van der Waals surface area contributed by atoms with Gasteiger partial charge in [-0.3, -0.25) is 10.1 Å². The summed E-state index contributed by atoms with van der Waals surface area (Å²) in [5.74, 6) is 0.442. The number of benzene rings is 1. The molecule has 2 rings (SSSR count). The van der Waals surface area contributed by atoms with E-state index in [0.717, 1.165) is 15.7 Å². The third kappa shape index (κ3) is 3.19. The van der Waals surface area contributed by atoms with Gasteiger partial charge in [-0.2, -0.15) is 0 Å². The molecule has 0 bridgehead atoms. The van der Waals surface area contributed by atoms with Crippen molar-refractivity contribution in [2.75, 3.05) is 11.1 Å². The van der Waals surface area contributed by atoms with Gasteiger partial charge in [0.2, 0.25) is 0 Å². The van der Waals surface area contributed by atoms with Crippen LogP contribution in [-0.2, 0) is 0 Å². The van der Waals surface area contributed by atoms with Gasteiger partial charge in [0.25, 0.3) is 5.69 Å². The van der Waals surface area contributed by atoms with E-state index < -0.39 is 4.92 Å². The van der Waals surface area contributed by atoms with Gasteiger partial charge in [0, 0.05) is 10.2 Å². The zero-order valence-electron chi connectivity index (χ0n) is 10.1. The van der Waals surface area contributed by atoms with Gasteiger partial charge in [0.05, 0.1) is 17.1 Å². The molecule has 1 aromatic carbocycles. The minimum atomic E-state index is -0.503. The Bertz CT molecular complexity index is 646. The van der Waals surface area contributed by atoms with Gasteiger partial charge in [0.15, 0.2) is 0 Å². The minimum absolute atomic E-state index is 0.0948. The van der Waals surface area contributed by atoms with E-state index in [4.69, 9.17) is 5.73 Å². The smallest absolute Gasteiger partial charge is 0.276 e. The van der Waals surface area contributed by atoms with Crippen LogP contribution in [0.2, 0.25) is 0 Å². The summed E-state index contributed by atoms with van der Waals surface area (Å²) in [6.07, 6.45) is 0. The number of anilines is 3. The van der Waals surface area contributed by atoms with E-state index in [2.05, 4.69) is 26.2 Å². The fourth-order valence-electron chi connectivity index (χ4n) is 1.57. The van der Waals surface area contributed by atoms with E-state index in [1.54, 1.807) is 0 Å². The molecule has 0 spiro atoms. The first-order valence-corrected chi connectivity index (χ1v) is 6.20. The molecule has 1 heterocycles. The fraction of sp³-hybridized carbons (Fsp3) is 0.0833. The van der Waals surface area contributed by atoms with E-state index >= 15 is 0 Å². The number of nitrogens with zero attached hydrogens (tertiary/aromatic N) is 2. The first-order chi connectivity index (χ1) is 8.95. The van der Waals surface area contributed by atoms with Crippen LogP contribution < -0.4 is 11.1 Å². The lowest BCUT2D eigenvalue weighted by atomic mass is 10.2. The number of hydrogen-bond donors (Lipinski definition) is 2. The fourth-order valence-corrected chi connectivity index (χ4v) is 1.93. The zero-order chi connectivity index (χ0) is 14.0. The normalized spacial score (nSPS) is 10.2. The number of nitro groups is 1. The molecular weight excluding hydrogens is 312 g/mol. The minimum Gasteiger partial charge on any atom is -0.383 e. The molecule has 0 aliphatic rings. The Morgan fingerprint density at radius 3 is 2.79 bits per heavy atom. The number of halogens is 1. The lowest BCUT2D eigenvalue weighted by Crippen LogP contribution is -2.00. The van der Waals surface area contributed by atoms with Crippen molar-refractivity contribution in [2.24, 2.45) is 0 Å². The lowest BCUT2D eigenvalue weighted by molar-refractivity contribution is -0.384. The molecule has 19 heavy (non-hydrogen) atoms. The maximum Gasteiger partial charge on any atom is 0.276 e. The summed E-state index contributed by atoms with van der Waals surface area (Å²) in [7, 11) is 0. The molecule has 2 aromatic rings. The second kappa shape index (κ2) is 5.23. The Balaban J connectivity index is 2.38. The van der Waals surface area contributed by atoms with Crippen molar-refractivity contribution < 1.29 is 4.92 Å². The predicted octanol–water partition coefficient (Wildman–Crippen LogP) is 3.39. The van der Waals surface area contributed by atoms with Crippen LogP contribution in [0.3, 0.4) is 0 Å². The monoisotopic (exact) mass is 322 g/mol. The Kier molecular flexibility index (Phi) is 3.66. The number of hydrogen-bond acceptors (Lipinski definition) is 5. The summed E-state index contributed by atoms with van der Waals surface area (Å²) in [6, 6.07) is 8.27. The molecule has 0 aliphatic heterocycles. The van der Waals surface area contributed by atoms with E-state index in [0.29, 0.717) is 5.82 Å². The molecule has 0 fully saturated rings. The maximum atomic E-state index is 10.8. The molecule has 3 N–H and O–H groups in total. The Morgan fingerprint density at radius 1 is 1.37 bits per heavy atom. The molecule has 7 heteroatoms. The summed E-state index contributed by atoms with van der Waals surface area (Å²) in [6.45, 7) is 1.93. The number of aryl methyl sites for hydroxylation is 1. The van der Waals surface area contributed by atoms with Crippen molar-refractivity contribution in [3.63, 3.8) is 0 Å². The van der Waals surface area contributed by atoms with E-state index in [-0.39, 0.29) is 11.5 Å². The van der Waals surface area contributed by atoms with Crippen molar-refractivity contribution in [3.8, 4) is 0 Å². The van der Waals surface area contributed by atoms with Crippen molar-refractivity contribution in [1.82, 2.24) is 4.98 Å². The Hall–Kier alpha value is -2.15. The summed E-state index contributed by atoms with van der Waals surface area (Å²) in [5, 5.41) is 13.8. The summed E-state index contributed by atoms with van der Waals surface area (Å²) in [5.41, 5.74) is 7.26. The highest BCUT2D eigenvalue weighted by Crippen LogP contribution is 2.26. The number of nitrogens with one attached hydrogen (secondary N) is 1. The van der Waals surface area contributed by atoms with Crippen LogP contribution in [0, 0.1) is 17.0 Å². The van der Waals surface area contributed by atoms with Gasteiger partial charge in [0.1, 0.15) is 11.6 Å². The highest BCUT2D eigenvalue weighted by Gasteiger charge is 2.10. The molecule has 1 aromatic heterocycles. The summed E-state index contributed by atoms with van der Waals surface area (Å²) in [4.78, 5) is 14.3. The van der Waals surface area contributed by atoms with Gasteiger partial charge in [-0.15, -0.1) is 0 Å². The third-order valence-corrected chi connectivity index (χ3v) is 3.00. The van der Waals surface area contributed by atoms with Gasteiger partial charge in [-0.1, -0.05) is 22.0 Å². The van der Waals surface area contributed by atoms with E-state index in [9.17, 15) is 10.1 Å². The highest BCUT2D eigenvalue weighted by atomic mass is 79.9. The van der Waals surface area contributed by atoms with Crippen LogP contribution in [0.25, 0.3) is 0 Å². The molecule has 0 atom stereocenters. The van der Waals surface area contributed by atoms with Crippen LogP contribution in [0.1, 0.15) is 5.56 Å². The van der Waals surface area contributed by atoms with Crippen LogP contribution in [0.5, 0.6) is 0 Å². The number of nitrogens with two attached hydrogens (primary N) is 1. The van der Waals surface area contributed by atoms with E-state index in [1.807, 2.05) is 25.1 Å². The molecule has 6 nitrogen and oxygen atoms in total. The topological polar surface area (TPSA) is 94.1 Å². The number of nitrogen functional groups attached to an aromatic ring is 1. The molecular formula is C12H11BrN4O2. The van der Waals surface area contributed by atoms with Gasteiger partial charge >= 0.3 is 0 Å². The van der Waals surface area contributed by atoms with Crippen molar-refractivity contribution >= 4 is 38.9 Å². The van der Waals surface area contributed by atoms with Crippen LogP contribution in [-0.4, -0.2) is 9.91 Å². The average molecular weight is 323 g/mol. The summed E-state index contributed by atoms with van der Waals surface area (Å²) >= 11 is 3.37. The van der Waals surface area contributed by atoms with Crippen LogP contribution in [0.4, 0.5) is 23.0 Å². The van der Waals surface area contributed by atoms with E-state index in [1.165, 1.54) is 12.1 Å². The van der Waals surface area contributed by atoms with Gasteiger partial charge < -0.3 is 11.1 Å². The first kappa shape index (κ1) is 13.3. The third-order valence-electron chi connectivity index (χ3n) is 2.50. The van der Waals surface area contributed by atoms with Crippen molar-refractivity contribution in [2.45, 2.75) is 6.92 Å². The standard InChI is InChI=1S/C12H11BrN4O2/c1-7-2-3-8(13)4-10(7)15-12-6-9(17(18)19)5-11(14)16-12/h2-6H,1H3,(H3,14,15,16). The lowest BCUT2D eigenvalue weighted by Gasteiger charge is -2.09. The largest absolute Gasteiger partial charge is 0.383 e. The predicted molar refractivity (Wildman–Crippen MR) is 77.5 cm³/mol. The average Bonchev–Trinajstić information content (AvgIpc) is 2.33. The number of aromatic nitrogens is 1. The molecule has 0 unspecified atom stereocenters. The second-order valence-corrected chi connectivity index (χ2v) is 4.89. The SMILES string of the molecule is Cc1ccc(Br)cc1Nc1cc([N+](=O)[O-])cc(N)n1. The Morgan fingerprint density at radius 2 is 2.11 bits per heavy atom. The highest BCUT2D eigenvalue weighted by molar-refractivity contribution is 9.10. The first-order valence-electron chi connectivity index (χ1n) is 5.41. The molecule has 0 saturated heterocycles. The van der Waals surface area contributed by atoms with Crippen LogP contribution in [0.15, 0.2) is 34.8 Å². The molecule has 0 aliphatic carbocycles. The number of rotatable bonds is 3. The molecule has 0 radical (unpaired) electrons. The summed E-state index contributed by atoms with van der Waals surface area (Å²) < 4.78 is 0.902. The molecule has 0 saturated carbocycles. The van der Waals surface area contributed by atoms with Gasteiger partial charge in [-0.05, 0) is 24.6 Å². The molecule has 98 valence electrons. The van der Waals surface area contributed by atoms with Crippen LogP contribution >= 0.6 is 15.9 Å². The maximum absolute atomic E-state index is 10.8. The Labute approximate surface area is 117 Å².